The van der Waals surface area contributed by atoms with Crippen molar-refractivity contribution in [3.8, 4) is 5.75 Å². The van der Waals surface area contributed by atoms with Gasteiger partial charge in [-0.3, -0.25) is 18.9 Å². The summed E-state index contributed by atoms with van der Waals surface area (Å²) in [6.45, 7) is 2.74. The largest absolute Gasteiger partial charge is 0.481 e. The van der Waals surface area contributed by atoms with Crippen LogP contribution in [0.3, 0.4) is 0 Å². The van der Waals surface area contributed by atoms with Crippen molar-refractivity contribution in [2.45, 2.75) is 6.54 Å². The van der Waals surface area contributed by atoms with Gasteiger partial charge >= 0.3 is 0 Å². The molecule has 0 bridgehead atoms. The summed E-state index contributed by atoms with van der Waals surface area (Å²) in [5.41, 5.74) is 1.22. The average Bonchev–Trinajstić information content (AvgIpc) is 2.73. The van der Waals surface area contributed by atoms with Crippen LogP contribution < -0.4 is 10.3 Å². The van der Waals surface area contributed by atoms with Gasteiger partial charge in [0, 0.05) is 49.5 Å². The minimum absolute atomic E-state index is 0.0545. The summed E-state index contributed by atoms with van der Waals surface area (Å²) in [5, 5.41) is 0. The summed E-state index contributed by atoms with van der Waals surface area (Å²) >= 11 is 3.19. The Labute approximate surface area is 180 Å². The first-order chi connectivity index (χ1) is 14.5. The smallest absolute Gasteiger partial charge is 0.260 e. The van der Waals surface area contributed by atoms with Gasteiger partial charge in [0.25, 0.3) is 11.5 Å². The van der Waals surface area contributed by atoms with Crippen LogP contribution in [-0.4, -0.2) is 57.9 Å². The maximum atomic E-state index is 13.8. The highest BCUT2D eigenvalue weighted by atomic mass is 79.9. The Kier molecular flexibility index (Phi) is 6.10. The molecule has 1 aromatic carbocycles. The lowest BCUT2D eigenvalue weighted by atomic mass is 10.2. The normalized spacial score (nSPS) is 14.8. The fourth-order valence-corrected chi connectivity index (χ4v) is 3.72. The standard InChI is InChI=1S/C21H20BrFN4O3/c22-15-4-5-18(17(23)11-15)30-14-21(29)26-9-7-25(8-10-26)13-16-12-20(28)27-6-2-1-3-19(27)24-16/h1-6,11-12H,7-10,13-14H2. The highest BCUT2D eigenvalue weighted by Crippen LogP contribution is 2.21. The van der Waals surface area contributed by atoms with Crippen molar-refractivity contribution in [2.75, 3.05) is 32.8 Å². The molecule has 1 aliphatic heterocycles. The van der Waals surface area contributed by atoms with Crippen LogP contribution in [0.1, 0.15) is 5.69 Å². The minimum atomic E-state index is -0.513. The van der Waals surface area contributed by atoms with E-state index in [1.165, 1.54) is 16.5 Å². The number of halogens is 2. The number of carbonyl (C=O) groups excluding carboxylic acids is 1. The third kappa shape index (κ3) is 4.68. The summed E-state index contributed by atoms with van der Waals surface area (Å²) in [6, 6.07) is 11.4. The number of rotatable bonds is 5. The van der Waals surface area contributed by atoms with Crippen molar-refractivity contribution in [3.63, 3.8) is 0 Å². The third-order valence-corrected chi connectivity index (χ3v) is 5.47. The van der Waals surface area contributed by atoms with Crippen molar-refractivity contribution in [1.82, 2.24) is 19.2 Å². The zero-order valence-electron chi connectivity index (χ0n) is 16.1. The number of aromatic nitrogens is 2. The Morgan fingerprint density at radius 2 is 1.93 bits per heavy atom. The maximum absolute atomic E-state index is 13.8. The van der Waals surface area contributed by atoms with Gasteiger partial charge in [0.05, 0.1) is 5.69 Å². The third-order valence-electron chi connectivity index (χ3n) is 4.98. The average molecular weight is 475 g/mol. The van der Waals surface area contributed by atoms with Crippen LogP contribution in [0, 0.1) is 5.82 Å². The second kappa shape index (κ2) is 8.93. The van der Waals surface area contributed by atoms with E-state index >= 15 is 0 Å². The Balaban J connectivity index is 1.30. The fourth-order valence-electron chi connectivity index (χ4n) is 3.39. The molecule has 0 atom stereocenters. The molecule has 156 valence electrons. The van der Waals surface area contributed by atoms with Crippen molar-refractivity contribution < 1.29 is 13.9 Å². The molecule has 2 aromatic heterocycles. The van der Waals surface area contributed by atoms with Gasteiger partial charge < -0.3 is 9.64 Å². The zero-order chi connectivity index (χ0) is 21.1. The molecule has 3 aromatic rings. The number of hydrogen-bond acceptors (Lipinski definition) is 5. The number of ether oxygens (including phenoxy) is 1. The van der Waals surface area contributed by atoms with E-state index in [0.717, 1.165) is 0 Å². The number of amides is 1. The number of benzene rings is 1. The zero-order valence-corrected chi connectivity index (χ0v) is 17.7. The van der Waals surface area contributed by atoms with E-state index < -0.39 is 5.82 Å². The number of fused-ring (bicyclic) bond motifs is 1. The molecule has 0 spiro atoms. The Morgan fingerprint density at radius 1 is 1.13 bits per heavy atom. The molecule has 0 N–H and O–H groups in total. The van der Waals surface area contributed by atoms with Crippen LogP contribution in [0.25, 0.3) is 5.65 Å². The van der Waals surface area contributed by atoms with Crippen LogP contribution >= 0.6 is 15.9 Å². The first kappa shape index (κ1) is 20.5. The molecule has 7 nitrogen and oxygen atoms in total. The van der Waals surface area contributed by atoms with E-state index in [9.17, 15) is 14.0 Å². The first-order valence-corrected chi connectivity index (χ1v) is 10.3. The monoisotopic (exact) mass is 474 g/mol. The van der Waals surface area contributed by atoms with Gasteiger partial charge in [0.15, 0.2) is 18.2 Å². The highest BCUT2D eigenvalue weighted by molar-refractivity contribution is 9.10. The molecule has 4 rings (SSSR count). The van der Waals surface area contributed by atoms with Crippen molar-refractivity contribution in [3.05, 3.63) is 75.0 Å². The van der Waals surface area contributed by atoms with Gasteiger partial charge in [-0.1, -0.05) is 22.0 Å². The first-order valence-electron chi connectivity index (χ1n) is 9.55. The van der Waals surface area contributed by atoms with Gasteiger partial charge in [-0.2, -0.15) is 0 Å². The Morgan fingerprint density at radius 3 is 2.70 bits per heavy atom. The molecule has 1 aliphatic rings. The Hall–Kier alpha value is -2.78. The van der Waals surface area contributed by atoms with Gasteiger partial charge in [0.1, 0.15) is 5.65 Å². The molecule has 0 radical (unpaired) electrons. The molecule has 1 fully saturated rings. The number of nitrogens with zero attached hydrogens (tertiary/aromatic N) is 4. The minimum Gasteiger partial charge on any atom is -0.481 e. The quantitative estimate of drug-likeness (QED) is 0.567. The number of carbonyl (C=O) groups is 1. The molecule has 0 unspecified atom stereocenters. The second-order valence-electron chi connectivity index (χ2n) is 7.03. The predicted molar refractivity (Wildman–Crippen MR) is 113 cm³/mol. The molecule has 1 amide bonds. The predicted octanol–water partition coefficient (Wildman–Crippen LogP) is 2.32. The van der Waals surface area contributed by atoms with Gasteiger partial charge in [0.2, 0.25) is 0 Å². The van der Waals surface area contributed by atoms with E-state index in [1.54, 1.807) is 35.4 Å². The van der Waals surface area contributed by atoms with Crippen LogP contribution in [0.4, 0.5) is 4.39 Å². The van der Waals surface area contributed by atoms with Gasteiger partial charge in [-0.05, 0) is 30.3 Å². The molecule has 0 saturated carbocycles. The van der Waals surface area contributed by atoms with Crippen molar-refractivity contribution in [1.29, 1.82) is 0 Å². The SMILES string of the molecule is O=C(COc1ccc(Br)cc1F)N1CCN(Cc2cc(=O)n3ccccc3n2)CC1. The Bertz CT molecular complexity index is 1130. The molecule has 0 aliphatic carbocycles. The molecule has 3 heterocycles. The summed E-state index contributed by atoms with van der Waals surface area (Å²) in [6.07, 6.45) is 1.70. The van der Waals surface area contributed by atoms with E-state index in [4.69, 9.17) is 4.74 Å². The maximum Gasteiger partial charge on any atom is 0.260 e. The lowest BCUT2D eigenvalue weighted by molar-refractivity contribution is -0.135. The topological polar surface area (TPSA) is 67.2 Å². The van der Waals surface area contributed by atoms with Crippen molar-refractivity contribution in [2.24, 2.45) is 0 Å². The van der Waals surface area contributed by atoms with Crippen LogP contribution in [0.5, 0.6) is 5.75 Å². The lowest BCUT2D eigenvalue weighted by Gasteiger charge is -2.34. The van der Waals surface area contributed by atoms with E-state index in [2.05, 4.69) is 25.8 Å². The molecular formula is C21H20BrFN4O3. The van der Waals surface area contributed by atoms with E-state index in [1.807, 2.05) is 6.07 Å². The van der Waals surface area contributed by atoms with Crippen LogP contribution in [0.15, 0.2) is 57.9 Å². The van der Waals surface area contributed by atoms with Gasteiger partial charge in [-0.25, -0.2) is 9.37 Å². The van der Waals surface area contributed by atoms with Crippen LogP contribution in [-0.2, 0) is 11.3 Å². The summed E-state index contributed by atoms with van der Waals surface area (Å²) < 4.78 is 21.3. The molecule has 30 heavy (non-hydrogen) atoms. The van der Waals surface area contributed by atoms with Crippen LogP contribution in [0.2, 0.25) is 0 Å². The van der Waals surface area contributed by atoms with E-state index in [-0.39, 0.29) is 23.8 Å². The van der Waals surface area contributed by atoms with E-state index in [0.29, 0.717) is 48.5 Å². The number of hydrogen-bond donors (Lipinski definition) is 0. The summed E-state index contributed by atoms with van der Waals surface area (Å²) in [4.78, 5) is 33.0. The molecule has 1 saturated heterocycles. The fraction of sp³-hybridized carbons (Fsp3) is 0.286. The number of piperazine rings is 1. The summed E-state index contributed by atoms with van der Waals surface area (Å²) in [5.74, 6) is -0.640. The number of pyridine rings is 1. The molecular weight excluding hydrogens is 455 g/mol. The highest BCUT2D eigenvalue weighted by Gasteiger charge is 2.22. The lowest BCUT2D eigenvalue weighted by Crippen LogP contribution is -2.49. The second-order valence-corrected chi connectivity index (χ2v) is 7.95. The van der Waals surface area contributed by atoms with Crippen molar-refractivity contribution >= 4 is 27.5 Å². The summed E-state index contributed by atoms with van der Waals surface area (Å²) in [7, 11) is 0. The van der Waals surface area contributed by atoms with Gasteiger partial charge in [-0.15, -0.1) is 0 Å². The molecule has 9 heteroatoms.